The molecule has 0 bridgehead atoms. The van der Waals surface area contributed by atoms with Crippen LogP contribution < -0.4 is 10.6 Å². The molecule has 136 valence electrons. The van der Waals surface area contributed by atoms with Gasteiger partial charge >= 0.3 is 0 Å². The van der Waals surface area contributed by atoms with Crippen LogP contribution >= 0.6 is 24.0 Å². The summed E-state index contributed by atoms with van der Waals surface area (Å²) in [6.07, 6.45) is 6.18. The van der Waals surface area contributed by atoms with Gasteiger partial charge in [0.05, 0.1) is 0 Å². The van der Waals surface area contributed by atoms with Crippen LogP contribution in [0.3, 0.4) is 0 Å². The van der Waals surface area contributed by atoms with Gasteiger partial charge in [0, 0.05) is 33.9 Å². The maximum atomic E-state index is 12.9. The number of nitrogens with zero attached hydrogens (tertiary/aromatic N) is 1. The minimum absolute atomic E-state index is 0. The zero-order valence-electron chi connectivity index (χ0n) is 14.6. The van der Waals surface area contributed by atoms with E-state index in [9.17, 15) is 4.39 Å². The number of hydrogen-bond acceptors (Lipinski definition) is 2. The molecule has 0 unspecified atom stereocenters. The summed E-state index contributed by atoms with van der Waals surface area (Å²) in [5, 5.41) is 6.74. The van der Waals surface area contributed by atoms with Gasteiger partial charge in [0.2, 0.25) is 0 Å². The molecule has 0 radical (unpaired) electrons. The molecule has 6 heteroatoms. The smallest absolute Gasteiger partial charge is 0.191 e. The number of aliphatic imine (C=N–C) groups is 1. The third-order valence-electron chi connectivity index (χ3n) is 4.73. The molecule has 1 fully saturated rings. The van der Waals surface area contributed by atoms with Gasteiger partial charge in [-0.3, -0.25) is 4.99 Å². The Kier molecular flexibility index (Phi) is 9.58. The number of ether oxygens (including phenoxy) is 1. The highest BCUT2D eigenvalue weighted by Crippen LogP contribution is 2.40. The molecular formula is C18H29FIN3O. The summed E-state index contributed by atoms with van der Waals surface area (Å²) in [6.45, 7) is 2.35. The summed E-state index contributed by atoms with van der Waals surface area (Å²) in [4.78, 5) is 4.28. The molecule has 1 aromatic carbocycles. The van der Waals surface area contributed by atoms with E-state index in [1.165, 1.54) is 37.8 Å². The molecule has 1 aromatic rings. The first kappa shape index (κ1) is 21.2. The lowest BCUT2D eigenvalue weighted by Gasteiger charge is -2.30. The maximum Gasteiger partial charge on any atom is 0.191 e. The van der Waals surface area contributed by atoms with Crippen molar-refractivity contribution in [2.75, 3.05) is 27.3 Å². The SMILES string of the molecule is CN=C(NCc1ccc(F)cc1)NCC1(CCOC)CCCC1.I. The van der Waals surface area contributed by atoms with Crippen molar-refractivity contribution in [2.45, 2.75) is 38.6 Å². The van der Waals surface area contributed by atoms with E-state index < -0.39 is 0 Å². The fourth-order valence-electron chi connectivity index (χ4n) is 3.24. The van der Waals surface area contributed by atoms with E-state index in [2.05, 4.69) is 15.6 Å². The summed E-state index contributed by atoms with van der Waals surface area (Å²) in [5.41, 5.74) is 1.35. The quantitative estimate of drug-likeness (QED) is 0.379. The zero-order chi connectivity index (χ0) is 16.5. The molecule has 1 aliphatic carbocycles. The van der Waals surface area contributed by atoms with Crippen LogP contribution in [-0.4, -0.2) is 33.3 Å². The summed E-state index contributed by atoms with van der Waals surface area (Å²) in [5.74, 6) is 0.579. The lowest BCUT2D eigenvalue weighted by atomic mass is 9.83. The maximum absolute atomic E-state index is 12.9. The predicted molar refractivity (Wildman–Crippen MR) is 107 cm³/mol. The van der Waals surface area contributed by atoms with Crippen LogP contribution in [0.15, 0.2) is 29.3 Å². The van der Waals surface area contributed by atoms with Gasteiger partial charge in [0.15, 0.2) is 5.96 Å². The standard InChI is InChI=1S/C18H28FN3O.HI/c1-20-17(21-13-15-5-7-16(19)8-6-15)22-14-18(11-12-23-2)9-3-4-10-18;/h5-8H,3-4,9-14H2,1-2H3,(H2,20,21,22);1H. The predicted octanol–water partition coefficient (Wildman–Crippen LogP) is 3.71. The highest BCUT2D eigenvalue weighted by atomic mass is 127. The van der Waals surface area contributed by atoms with Crippen LogP contribution in [0, 0.1) is 11.2 Å². The van der Waals surface area contributed by atoms with Crippen molar-refractivity contribution in [1.29, 1.82) is 0 Å². The molecule has 2 N–H and O–H groups in total. The van der Waals surface area contributed by atoms with Crippen molar-refractivity contribution in [3.05, 3.63) is 35.6 Å². The second kappa shape index (κ2) is 10.9. The zero-order valence-corrected chi connectivity index (χ0v) is 16.9. The molecule has 0 saturated heterocycles. The number of halogens is 2. The van der Waals surface area contributed by atoms with E-state index in [4.69, 9.17) is 4.74 Å². The Balaban J connectivity index is 0.00000288. The number of benzene rings is 1. The van der Waals surface area contributed by atoms with E-state index in [0.29, 0.717) is 12.0 Å². The molecule has 0 amide bonds. The van der Waals surface area contributed by atoms with Crippen LogP contribution in [0.5, 0.6) is 0 Å². The van der Waals surface area contributed by atoms with E-state index >= 15 is 0 Å². The highest BCUT2D eigenvalue weighted by molar-refractivity contribution is 14.0. The van der Waals surface area contributed by atoms with Crippen LogP contribution in [0.2, 0.25) is 0 Å². The van der Waals surface area contributed by atoms with Crippen molar-refractivity contribution in [2.24, 2.45) is 10.4 Å². The molecule has 0 heterocycles. The fraction of sp³-hybridized carbons (Fsp3) is 0.611. The summed E-state index contributed by atoms with van der Waals surface area (Å²) >= 11 is 0. The van der Waals surface area contributed by atoms with E-state index in [0.717, 1.165) is 31.1 Å². The minimum Gasteiger partial charge on any atom is -0.385 e. The van der Waals surface area contributed by atoms with Gasteiger partial charge in [-0.1, -0.05) is 25.0 Å². The first-order valence-corrected chi connectivity index (χ1v) is 8.35. The Labute approximate surface area is 161 Å². The molecule has 2 rings (SSSR count). The number of guanidine groups is 1. The summed E-state index contributed by atoms with van der Waals surface area (Å²) < 4.78 is 18.2. The number of methoxy groups -OCH3 is 1. The Morgan fingerprint density at radius 2 is 1.88 bits per heavy atom. The second-order valence-electron chi connectivity index (χ2n) is 6.36. The van der Waals surface area contributed by atoms with Crippen molar-refractivity contribution >= 4 is 29.9 Å². The van der Waals surface area contributed by atoms with E-state index in [1.807, 2.05) is 0 Å². The number of rotatable bonds is 7. The monoisotopic (exact) mass is 449 g/mol. The average molecular weight is 449 g/mol. The lowest BCUT2D eigenvalue weighted by molar-refractivity contribution is 0.138. The van der Waals surface area contributed by atoms with Gasteiger partial charge in [-0.2, -0.15) is 0 Å². The Bertz CT molecular complexity index is 501. The normalized spacial score (nSPS) is 16.5. The van der Waals surface area contributed by atoms with Crippen molar-refractivity contribution in [1.82, 2.24) is 10.6 Å². The highest BCUT2D eigenvalue weighted by Gasteiger charge is 2.33. The second-order valence-corrected chi connectivity index (χ2v) is 6.36. The first-order valence-electron chi connectivity index (χ1n) is 8.35. The van der Waals surface area contributed by atoms with Gasteiger partial charge in [0.25, 0.3) is 0 Å². The van der Waals surface area contributed by atoms with Crippen LogP contribution in [-0.2, 0) is 11.3 Å². The van der Waals surface area contributed by atoms with Crippen molar-refractivity contribution in [3.63, 3.8) is 0 Å². The van der Waals surface area contributed by atoms with E-state index in [-0.39, 0.29) is 29.8 Å². The van der Waals surface area contributed by atoms with Gasteiger partial charge < -0.3 is 15.4 Å². The van der Waals surface area contributed by atoms with Gasteiger partial charge in [-0.25, -0.2) is 4.39 Å². The Hall–Kier alpha value is -0.890. The fourth-order valence-corrected chi connectivity index (χ4v) is 3.24. The van der Waals surface area contributed by atoms with Crippen LogP contribution in [0.25, 0.3) is 0 Å². The third kappa shape index (κ3) is 6.55. The topological polar surface area (TPSA) is 45.7 Å². The molecule has 24 heavy (non-hydrogen) atoms. The van der Waals surface area contributed by atoms with Crippen LogP contribution in [0.4, 0.5) is 4.39 Å². The van der Waals surface area contributed by atoms with Gasteiger partial charge in [-0.15, -0.1) is 24.0 Å². The molecule has 1 aliphatic rings. The van der Waals surface area contributed by atoms with Gasteiger partial charge in [0.1, 0.15) is 5.82 Å². The third-order valence-corrected chi connectivity index (χ3v) is 4.73. The summed E-state index contributed by atoms with van der Waals surface area (Å²) in [6, 6.07) is 6.52. The minimum atomic E-state index is -0.211. The molecule has 0 spiro atoms. The first-order chi connectivity index (χ1) is 11.2. The average Bonchev–Trinajstić information content (AvgIpc) is 3.04. The Morgan fingerprint density at radius 3 is 2.46 bits per heavy atom. The molecule has 1 saturated carbocycles. The molecule has 4 nitrogen and oxygen atoms in total. The molecule has 0 atom stereocenters. The largest absolute Gasteiger partial charge is 0.385 e. The molecule has 0 aliphatic heterocycles. The number of nitrogens with one attached hydrogen (secondary N) is 2. The molecule has 0 aromatic heterocycles. The van der Waals surface area contributed by atoms with Gasteiger partial charge in [-0.05, 0) is 42.4 Å². The Morgan fingerprint density at radius 1 is 1.21 bits per heavy atom. The van der Waals surface area contributed by atoms with Crippen molar-refractivity contribution < 1.29 is 9.13 Å². The molecular weight excluding hydrogens is 420 g/mol. The van der Waals surface area contributed by atoms with Crippen molar-refractivity contribution in [3.8, 4) is 0 Å². The van der Waals surface area contributed by atoms with Crippen LogP contribution in [0.1, 0.15) is 37.7 Å². The lowest BCUT2D eigenvalue weighted by Crippen LogP contribution is -2.43. The van der Waals surface area contributed by atoms with E-state index in [1.54, 1.807) is 26.3 Å². The summed E-state index contributed by atoms with van der Waals surface area (Å²) in [7, 11) is 3.54. The number of hydrogen-bond donors (Lipinski definition) is 2.